The number of hydrogen-bond acceptors (Lipinski definition) is 3. The standard InChI is InChI=1S/C18H23N3O/c1-14(2)9-10-20-18(22)15-11-17(13-19-12-15)21(3)16-7-5-4-6-8-16/h4-8,11-14H,9-10H2,1-3H3,(H,20,22). The fourth-order valence-corrected chi connectivity index (χ4v) is 2.11. The van der Waals surface area contributed by atoms with Crippen molar-refractivity contribution in [1.82, 2.24) is 10.3 Å². The van der Waals surface area contributed by atoms with Gasteiger partial charge < -0.3 is 10.2 Å². The van der Waals surface area contributed by atoms with Gasteiger partial charge in [-0.2, -0.15) is 0 Å². The lowest BCUT2D eigenvalue weighted by Gasteiger charge is -2.19. The van der Waals surface area contributed by atoms with Gasteiger partial charge in [-0.25, -0.2) is 0 Å². The number of pyridine rings is 1. The molecule has 1 N–H and O–H groups in total. The zero-order valence-corrected chi connectivity index (χ0v) is 13.4. The highest BCUT2D eigenvalue weighted by Gasteiger charge is 2.10. The van der Waals surface area contributed by atoms with Crippen LogP contribution in [0.5, 0.6) is 0 Å². The maximum absolute atomic E-state index is 12.2. The fraction of sp³-hybridized carbons (Fsp3) is 0.333. The molecule has 0 spiro atoms. The molecule has 0 aliphatic carbocycles. The molecule has 4 heteroatoms. The molecule has 0 atom stereocenters. The predicted octanol–water partition coefficient (Wildman–Crippen LogP) is 3.63. The molecule has 2 rings (SSSR count). The smallest absolute Gasteiger partial charge is 0.252 e. The average molecular weight is 297 g/mol. The van der Waals surface area contributed by atoms with Crippen molar-refractivity contribution in [2.24, 2.45) is 5.92 Å². The van der Waals surface area contributed by atoms with Crippen molar-refractivity contribution in [2.75, 3.05) is 18.5 Å². The topological polar surface area (TPSA) is 45.2 Å². The van der Waals surface area contributed by atoms with Gasteiger partial charge in [-0.1, -0.05) is 32.0 Å². The van der Waals surface area contributed by atoms with E-state index in [0.29, 0.717) is 18.0 Å². The lowest BCUT2D eigenvalue weighted by molar-refractivity contribution is 0.0951. The van der Waals surface area contributed by atoms with E-state index in [0.717, 1.165) is 17.8 Å². The number of para-hydroxylation sites is 1. The van der Waals surface area contributed by atoms with Gasteiger partial charge in [-0.05, 0) is 30.5 Å². The third-order valence-corrected chi connectivity index (χ3v) is 3.52. The Hall–Kier alpha value is -2.36. The van der Waals surface area contributed by atoms with Gasteiger partial charge in [0.05, 0.1) is 17.4 Å². The van der Waals surface area contributed by atoms with Crippen LogP contribution in [0.4, 0.5) is 11.4 Å². The summed E-state index contributed by atoms with van der Waals surface area (Å²) in [5.41, 5.74) is 2.54. The SMILES string of the molecule is CC(C)CCNC(=O)c1cncc(N(C)c2ccccc2)c1. The number of benzene rings is 1. The molecule has 1 amide bonds. The summed E-state index contributed by atoms with van der Waals surface area (Å²) in [4.78, 5) is 18.4. The summed E-state index contributed by atoms with van der Waals surface area (Å²) < 4.78 is 0. The lowest BCUT2D eigenvalue weighted by atomic mass is 10.1. The summed E-state index contributed by atoms with van der Waals surface area (Å²) in [5, 5.41) is 2.94. The molecule has 0 unspecified atom stereocenters. The van der Waals surface area contributed by atoms with E-state index in [1.807, 2.05) is 48.3 Å². The Morgan fingerprint density at radius 1 is 1.18 bits per heavy atom. The molecule has 0 saturated carbocycles. The first-order chi connectivity index (χ1) is 10.6. The summed E-state index contributed by atoms with van der Waals surface area (Å²) in [6.45, 7) is 4.97. The third-order valence-electron chi connectivity index (χ3n) is 3.52. The Labute approximate surface area is 132 Å². The molecule has 0 fully saturated rings. The summed E-state index contributed by atoms with van der Waals surface area (Å²) in [6, 6.07) is 11.9. The Morgan fingerprint density at radius 2 is 1.91 bits per heavy atom. The molecule has 0 aliphatic heterocycles. The van der Waals surface area contributed by atoms with Crippen molar-refractivity contribution in [3.63, 3.8) is 0 Å². The Balaban J connectivity index is 2.08. The second-order valence-electron chi connectivity index (χ2n) is 5.76. The second-order valence-corrected chi connectivity index (χ2v) is 5.76. The fourth-order valence-electron chi connectivity index (χ4n) is 2.11. The monoisotopic (exact) mass is 297 g/mol. The number of nitrogens with one attached hydrogen (secondary N) is 1. The average Bonchev–Trinajstić information content (AvgIpc) is 2.54. The number of amides is 1. The van der Waals surface area contributed by atoms with Crippen molar-refractivity contribution < 1.29 is 4.79 Å². The van der Waals surface area contributed by atoms with Crippen LogP contribution < -0.4 is 10.2 Å². The minimum atomic E-state index is -0.0727. The zero-order chi connectivity index (χ0) is 15.9. The van der Waals surface area contributed by atoms with Crippen LogP contribution in [0, 0.1) is 5.92 Å². The number of rotatable bonds is 6. The zero-order valence-electron chi connectivity index (χ0n) is 13.4. The Morgan fingerprint density at radius 3 is 2.59 bits per heavy atom. The van der Waals surface area contributed by atoms with E-state index in [4.69, 9.17) is 0 Å². The summed E-state index contributed by atoms with van der Waals surface area (Å²) in [5.74, 6) is 0.505. The molecule has 4 nitrogen and oxygen atoms in total. The van der Waals surface area contributed by atoms with E-state index >= 15 is 0 Å². The van der Waals surface area contributed by atoms with E-state index < -0.39 is 0 Å². The Kier molecular flexibility index (Phi) is 5.53. The van der Waals surface area contributed by atoms with Crippen LogP contribution in [0.3, 0.4) is 0 Å². The molecule has 0 aliphatic rings. The minimum Gasteiger partial charge on any atom is -0.352 e. The number of nitrogens with zero attached hydrogens (tertiary/aromatic N) is 2. The van der Waals surface area contributed by atoms with Gasteiger partial charge in [-0.3, -0.25) is 9.78 Å². The molecular weight excluding hydrogens is 274 g/mol. The van der Waals surface area contributed by atoms with Gasteiger partial charge in [0, 0.05) is 25.5 Å². The first kappa shape index (κ1) is 16.0. The third kappa shape index (κ3) is 4.32. The number of carbonyl (C=O) groups is 1. The van der Waals surface area contributed by atoms with Gasteiger partial charge in [0.1, 0.15) is 0 Å². The van der Waals surface area contributed by atoms with Gasteiger partial charge in [0.15, 0.2) is 0 Å². The Bertz CT molecular complexity index is 611. The van der Waals surface area contributed by atoms with E-state index in [1.165, 1.54) is 0 Å². The van der Waals surface area contributed by atoms with Crippen LogP contribution in [-0.2, 0) is 0 Å². The molecule has 2 aromatic rings. The summed E-state index contributed by atoms with van der Waals surface area (Å²) in [6.07, 6.45) is 4.34. The van der Waals surface area contributed by atoms with Crippen LogP contribution in [0.2, 0.25) is 0 Å². The largest absolute Gasteiger partial charge is 0.352 e. The lowest BCUT2D eigenvalue weighted by Crippen LogP contribution is -2.25. The quantitative estimate of drug-likeness (QED) is 0.885. The molecule has 1 aromatic heterocycles. The second kappa shape index (κ2) is 7.59. The minimum absolute atomic E-state index is 0.0727. The number of aromatic nitrogens is 1. The highest BCUT2D eigenvalue weighted by molar-refractivity contribution is 5.94. The van der Waals surface area contributed by atoms with Crippen LogP contribution in [0.1, 0.15) is 30.6 Å². The normalized spacial score (nSPS) is 10.5. The number of hydrogen-bond donors (Lipinski definition) is 1. The molecular formula is C18H23N3O. The molecule has 0 radical (unpaired) electrons. The molecule has 116 valence electrons. The van der Waals surface area contributed by atoms with E-state index in [-0.39, 0.29) is 5.91 Å². The summed E-state index contributed by atoms with van der Waals surface area (Å²) in [7, 11) is 1.97. The maximum atomic E-state index is 12.2. The van der Waals surface area contributed by atoms with Crippen LogP contribution in [-0.4, -0.2) is 24.5 Å². The highest BCUT2D eigenvalue weighted by Crippen LogP contribution is 2.22. The van der Waals surface area contributed by atoms with Crippen molar-refractivity contribution in [1.29, 1.82) is 0 Å². The first-order valence-corrected chi connectivity index (χ1v) is 7.60. The maximum Gasteiger partial charge on any atom is 0.252 e. The molecule has 1 heterocycles. The van der Waals surface area contributed by atoms with Crippen molar-refractivity contribution in [3.05, 3.63) is 54.4 Å². The van der Waals surface area contributed by atoms with Gasteiger partial charge in [-0.15, -0.1) is 0 Å². The van der Waals surface area contributed by atoms with Crippen molar-refractivity contribution >= 4 is 17.3 Å². The van der Waals surface area contributed by atoms with Crippen LogP contribution in [0.15, 0.2) is 48.8 Å². The number of carbonyl (C=O) groups excluding carboxylic acids is 1. The van der Waals surface area contributed by atoms with E-state index in [2.05, 4.69) is 24.1 Å². The van der Waals surface area contributed by atoms with Crippen LogP contribution >= 0.6 is 0 Å². The van der Waals surface area contributed by atoms with E-state index in [1.54, 1.807) is 12.4 Å². The highest BCUT2D eigenvalue weighted by atomic mass is 16.1. The number of anilines is 2. The summed E-state index contributed by atoms with van der Waals surface area (Å²) >= 11 is 0. The van der Waals surface area contributed by atoms with Gasteiger partial charge >= 0.3 is 0 Å². The van der Waals surface area contributed by atoms with Crippen LogP contribution in [0.25, 0.3) is 0 Å². The van der Waals surface area contributed by atoms with Crippen molar-refractivity contribution in [2.45, 2.75) is 20.3 Å². The van der Waals surface area contributed by atoms with Gasteiger partial charge in [0.25, 0.3) is 5.91 Å². The molecule has 0 bridgehead atoms. The molecule has 1 aromatic carbocycles. The van der Waals surface area contributed by atoms with Gasteiger partial charge in [0.2, 0.25) is 0 Å². The first-order valence-electron chi connectivity index (χ1n) is 7.60. The van der Waals surface area contributed by atoms with E-state index in [9.17, 15) is 4.79 Å². The van der Waals surface area contributed by atoms with Crippen molar-refractivity contribution in [3.8, 4) is 0 Å². The molecule has 0 saturated heterocycles. The molecule has 22 heavy (non-hydrogen) atoms. The predicted molar refractivity (Wildman–Crippen MR) is 90.5 cm³/mol.